The molecule has 0 saturated carbocycles. The lowest BCUT2D eigenvalue weighted by atomic mass is 10.2. The number of carbonyl (C=O) groups is 1. The predicted octanol–water partition coefficient (Wildman–Crippen LogP) is 3.04. The highest BCUT2D eigenvalue weighted by molar-refractivity contribution is 5.97. The lowest BCUT2D eigenvalue weighted by Gasteiger charge is -2.16. The van der Waals surface area contributed by atoms with Crippen molar-refractivity contribution >= 4 is 23.0 Å². The second kappa shape index (κ2) is 7.26. The van der Waals surface area contributed by atoms with Crippen LogP contribution in [0.3, 0.4) is 0 Å². The van der Waals surface area contributed by atoms with E-state index in [2.05, 4.69) is 10.6 Å². The lowest BCUT2D eigenvalue weighted by Crippen LogP contribution is -2.32. The maximum Gasteiger partial charge on any atom is 0.271 e. The van der Waals surface area contributed by atoms with Crippen molar-refractivity contribution in [2.45, 2.75) is 13.0 Å². The van der Waals surface area contributed by atoms with E-state index in [9.17, 15) is 14.9 Å². The number of nitrogens with zero attached hydrogens (tertiary/aromatic N) is 1. The number of hydrogen-bond donors (Lipinski definition) is 2. The smallest absolute Gasteiger partial charge is 0.271 e. The van der Waals surface area contributed by atoms with Crippen LogP contribution < -0.4 is 15.4 Å². The lowest BCUT2D eigenvalue weighted by molar-refractivity contribution is -0.384. The molecule has 0 aromatic heterocycles. The Morgan fingerprint density at radius 1 is 1.22 bits per heavy atom. The second-order valence-corrected chi connectivity index (χ2v) is 4.86. The zero-order valence-electron chi connectivity index (χ0n) is 12.8. The molecule has 0 fully saturated rings. The SMILES string of the molecule is COc1ccccc1NC(=O)[C@@H](C)Nc1cccc([N+](=O)[O-])c1. The van der Waals surface area contributed by atoms with Crippen molar-refractivity contribution in [3.8, 4) is 5.75 Å². The van der Waals surface area contributed by atoms with Crippen LogP contribution in [-0.2, 0) is 4.79 Å². The Morgan fingerprint density at radius 2 is 1.96 bits per heavy atom. The van der Waals surface area contributed by atoms with E-state index in [0.29, 0.717) is 17.1 Å². The fourth-order valence-corrected chi connectivity index (χ4v) is 2.01. The first-order chi connectivity index (χ1) is 11.0. The van der Waals surface area contributed by atoms with Crippen LogP contribution in [-0.4, -0.2) is 24.0 Å². The van der Waals surface area contributed by atoms with Gasteiger partial charge in [-0.3, -0.25) is 14.9 Å². The number of anilines is 2. The maximum atomic E-state index is 12.2. The van der Waals surface area contributed by atoms with Crippen molar-refractivity contribution < 1.29 is 14.5 Å². The number of benzene rings is 2. The first-order valence-electron chi connectivity index (χ1n) is 6.96. The number of rotatable bonds is 6. The minimum Gasteiger partial charge on any atom is -0.495 e. The molecular weight excluding hydrogens is 298 g/mol. The largest absolute Gasteiger partial charge is 0.495 e. The number of nitrogens with one attached hydrogen (secondary N) is 2. The molecule has 1 atom stereocenters. The fraction of sp³-hybridized carbons (Fsp3) is 0.188. The van der Waals surface area contributed by atoms with E-state index < -0.39 is 11.0 Å². The number of amides is 1. The molecule has 0 unspecified atom stereocenters. The summed E-state index contributed by atoms with van der Waals surface area (Å²) in [5.41, 5.74) is 1.03. The standard InChI is InChI=1S/C16H17N3O4/c1-11(17-12-6-5-7-13(10-12)19(21)22)16(20)18-14-8-3-4-9-15(14)23-2/h3-11,17H,1-2H3,(H,18,20)/t11-/m1/s1. The van der Waals surface area contributed by atoms with Crippen LogP contribution in [0.4, 0.5) is 17.1 Å². The van der Waals surface area contributed by atoms with Gasteiger partial charge in [0.25, 0.3) is 5.69 Å². The summed E-state index contributed by atoms with van der Waals surface area (Å²) in [4.78, 5) is 22.5. The van der Waals surface area contributed by atoms with Gasteiger partial charge < -0.3 is 15.4 Å². The van der Waals surface area contributed by atoms with Crippen LogP contribution in [0.25, 0.3) is 0 Å². The fourth-order valence-electron chi connectivity index (χ4n) is 2.01. The van der Waals surface area contributed by atoms with Crippen molar-refractivity contribution in [2.75, 3.05) is 17.7 Å². The van der Waals surface area contributed by atoms with Crippen molar-refractivity contribution in [3.63, 3.8) is 0 Å². The van der Waals surface area contributed by atoms with Gasteiger partial charge in [-0.1, -0.05) is 18.2 Å². The van der Waals surface area contributed by atoms with E-state index >= 15 is 0 Å². The molecule has 7 heteroatoms. The summed E-state index contributed by atoms with van der Waals surface area (Å²) in [7, 11) is 1.52. The molecule has 0 heterocycles. The second-order valence-electron chi connectivity index (χ2n) is 4.86. The Bertz CT molecular complexity index is 718. The van der Waals surface area contributed by atoms with Gasteiger partial charge in [-0.25, -0.2) is 0 Å². The number of nitro benzene ring substituents is 1. The average Bonchev–Trinajstić information content (AvgIpc) is 2.55. The molecule has 120 valence electrons. The Morgan fingerprint density at radius 3 is 2.65 bits per heavy atom. The third-order valence-corrected chi connectivity index (χ3v) is 3.20. The summed E-state index contributed by atoms with van der Waals surface area (Å²) in [6.07, 6.45) is 0. The van der Waals surface area contributed by atoms with Gasteiger partial charge in [-0.05, 0) is 25.1 Å². The molecule has 7 nitrogen and oxygen atoms in total. The minimum atomic E-state index is -0.582. The highest BCUT2D eigenvalue weighted by atomic mass is 16.6. The first kappa shape index (κ1) is 16.3. The number of non-ortho nitro benzene ring substituents is 1. The van der Waals surface area contributed by atoms with Crippen molar-refractivity contribution in [3.05, 3.63) is 58.6 Å². The van der Waals surface area contributed by atoms with Crippen LogP contribution >= 0.6 is 0 Å². The molecule has 1 amide bonds. The number of ether oxygens (including phenoxy) is 1. The van der Waals surface area contributed by atoms with Gasteiger partial charge in [0, 0.05) is 17.8 Å². The van der Waals surface area contributed by atoms with Crippen LogP contribution in [0.5, 0.6) is 5.75 Å². The van der Waals surface area contributed by atoms with Crippen molar-refractivity contribution in [1.29, 1.82) is 0 Å². The number of methoxy groups -OCH3 is 1. The Balaban J connectivity index is 2.05. The molecule has 2 aromatic carbocycles. The summed E-state index contributed by atoms with van der Waals surface area (Å²) in [6.45, 7) is 1.67. The molecule has 2 N–H and O–H groups in total. The normalized spacial score (nSPS) is 11.4. The van der Waals surface area contributed by atoms with Gasteiger partial charge in [-0.2, -0.15) is 0 Å². The summed E-state index contributed by atoms with van der Waals surface area (Å²) in [6, 6.07) is 12.5. The molecule has 0 bridgehead atoms. The maximum absolute atomic E-state index is 12.2. The number of carbonyl (C=O) groups excluding carboxylic acids is 1. The van der Waals surface area contributed by atoms with E-state index in [-0.39, 0.29) is 11.6 Å². The van der Waals surface area contributed by atoms with E-state index in [1.807, 2.05) is 0 Å². The van der Waals surface area contributed by atoms with Gasteiger partial charge in [0.1, 0.15) is 11.8 Å². The minimum absolute atomic E-state index is 0.0349. The molecule has 0 aliphatic carbocycles. The van der Waals surface area contributed by atoms with E-state index in [1.54, 1.807) is 43.3 Å². The average molecular weight is 315 g/mol. The van der Waals surface area contributed by atoms with E-state index in [4.69, 9.17) is 4.74 Å². The van der Waals surface area contributed by atoms with Crippen LogP contribution in [0.15, 0.2) is 48.5 Å². The zero-order chi connectivity index (χ0) is 16.8. The molecule has 0 radical (unpaired) electrons. The van der Waals surface area contributed by atoms with E-state index in [0.717, 1.165) is 0 Å². The Hall–Kier alpha value is -3.09. The Labute approximate surface area is 133 Å². The predicted molar refractivity (Wildman–Crippen MR) is 87.8 cm³/mol. The number of para-hydroxylation sites is 2. The van der Waals surface area contributed by atoms with Crippen LogP contribution in [0.2, 0.25) is 0 Å². The first-order valence-corrected chi connectivity index (χ1v) is 6.96. The van der Waals surface area contributed by atoms with Crippen LogP contribution in [0.1, 0.15) is 6.92 Å². The molecule has 23 heavy (non-hydrogen) atoms. The summed E-state index contributed by atoms with van der Waals surface area (Å²) in [5, 5.41) is 16.5. The zero-order valence-corrected chi connectivity index (χ0v) is 12.8. The van der Waals surface area contributed by atoms with Gasteiger partial charge in [0.2, 0.25) is 5.91 Å². The summed E-state index contributed by atoms with van der Waals surface area (Å²) >= 11 is 0. The number of hydrogen-bond acceptors (Lipinski definition) is 5. The molecule has 0 spiro atoms. The van der Waals surface area contributed by atoms with Crippen molar-refractivity contribution in [2.24, 2.45) is 0 Å². The topological polar surface area (TPSA) is 93.5 Å². The highest BCUT2D eigenvalue weighted by Crippen LogP contribution is 2.23. The molecule has 0 aliphatic rings. The molecule has 2 rings (SSSR count). The molecule has 0 aliphatic heterocycles. The molecule has 2 aromatic rings. The summed E-state index contributed by atoms with van der Waals surface area (Å²) < 4.78 is 5.18. The third kappa shape index (κ3) is 4.19. The van der Waals surface area contributed by atoms with Crippen molar-refractivity contribution in [1.82, 2.24) is 0 Å². The third-order valence-electron chi connectivity index (χ3n) is 3.20. The van der Waals surface area contributed by atoms with Crippen LogP contribution in [0, 0.1) is 10.1 Å². The summed E-state index contributed by atoms with van der Waals surface area (Å²) in [5.74, 6) is 0.282. The van der Waals surface area contributed by atoms with Gasteiger partial charge in [0.15, 0.2) is 0 Å². The quantitative estimate of drug-likeness (QED) is 0.631. The Kier molecular flexibility index (Phi) is 5.14. The van der Waals surface area contributed by atoms with Gasteiger partial charge in [-0.15, -0.1) is 0 Å². The van der Waals surface area contributed by atoms with E-state index in [1.165, 1.54) is 19.2 Å². The van der Waals surface area contributed by atoms with Gasteiger partial charge >= 0.3 is 0 Å². The van der Waals surface area contributed by atoms with Gasteiger partial charge in [0.05, 0.1) is 17.7 Å². The number of nitro groups is 1. The molecular formula is C16H17N3O4. The highest BCUT2D eigenvalue weighted by Gasteiger charge is 2.15. The monoisotopic (exact) mass is 315 g/mol. The molecule has 0 saturated heterocycles.